The molecule has 0 spiro atoms. The van der Waals surface area contributed by atoms with Crippen molar-refractivity contribution in [2.45, 2.75) is 26.7 Å². The molecule has 4 nitrogen and oxygen atoms in total. The van der Waals surface area contributed by atoms with Crippen molar-refractivity contribution in [1.82, 2.24) is 15.0 Å². The lowest BCUT2D eigenvalue weighted by molar-refractivity contribution is 0.298. The fraction of sp³-hybridized carbons (Fsp3) is 0.412. The summed E-state index contributed by atoms with van der Waals surface area (Å²) in [5.74, 6) is 1.38. The number of likely N-dealkylation sites (N-methyl/N-ethyl adjacent to an activating group) is 1. The van der Waals surface area contributed by atoms with Crippen LogP contribution in [0.5, 0.6) is 0 Å². The van der Waals surface area contributed by atoms with E-state index >= 15 is 0 Å². The van der Waals surface area contributed by atoms with Gasteiger partial charge in [-0.3, -0.25) is 4.90 Å². The Morgan fingerprint density at radius 1 is 1.29 bits per heavy atom. The summed E-state index contributed by atoms with van der Waals surface area (Å²) in [5.41, 5.74) is 2.19. The van der Waals surface area contributed by atoms with Gasteiger partial charge in [0.25, 0.3) is 0 Å². The van der Waals surface area contributed by atoms with E-state index in [1.807, 2.05) is 30.3 Å². The Morgan fingerprint density at radius 3 is 2.71 bits per heavy atom. The molecule has 0 aliphatic heterocycles. The largest absolute Gasteiger partial charge is 0.339 e. The van der Waals surface area contributed by atoms with Crippen molar-refractivity contribution in [3.63, 3.8) is 0 Å². The van der Waals surface area contributed by atoms with Gasteiger partial charge in [-0.25, -0.2) is 0 Å². The van der Waals surface area contributed by atoms with Crippen LogP contribution in [-0.4, -0.2) is 34.7 Å². The predicted octanol–water partition coefficient (Wildman–Crippen LogP) is 3.57. The summed E-state index contributed by atoms with van der Waals surface area (Å²) in [6.45, 7) is 11.2. The van der Waals surface area contributed by atoms with E-state index in [-0.39, 0.29) is 0 Å². The standard InChI is InChI=1S/C17H23N3O/c1-4-20(13-14(2)3)12-8-11-16-18-17(19-21-16)15-9-6-5-7-10-15/h5-7,9-10H,2,4,8,11-13H2,1,3H3. The first kappa shape index (κ1) is 15.4. The molecule has 2 rings (SSSR count). The molecule has 0 bridgehead atoms. The summed E-state index contributed by atoms with van der Waals surface area (Å²) in [5, 5.41) is 4.04. The molecule has 0 aliphatic carbocycles. The minimum Gasteiger partial charge on any atom is -0.339 e. The van der Waals surface area contributed by atoms with Gasteiger partial charge in [0.2, 0.25) is 11.7 Å². The number of hydrogen-bond acceptors (Lipinski definition) is 4. The van der Waals surface area contributed by atoms with Crippen LogP contribution in [-0.2, 0) is 6.42 Å². The molecule has 0 amide bonds. The van der Waals surface area contributed by atoms with Gasteiger partial charge in [0, 0.05) is 18.5 Å². The van der Waals surface area contributed by atoms with E-state index < -0.39 is 0 Å². The lowest BCUT2D eigenvalue weighted by Gasteiger charge is -2.19. The smallest absolute Gasteiger partial charge is 0.227 e. The summed E-state index contributed by atoms with van der Waals surface area (Å²) in [6, 6.07) is 9.90. The lowest BCUT2D eigenvalue weighted by atomic mass is 10.2. The summed E-state index contributed by atoms with van der Waals surface area (Å²) >= 11 is 0. The normalized spacial score (nSPS) is 11.0. The highest BCUT2D eigenvalue weighted by Crippen LogP contribution is 2.15. The average molecular weight is 285 g/mol. The van der Waals surface area contributed by atoms with Crippen LogP contribution >= 0.6 is 0 Å². The summed E-state index contributed by atoms with van der Waals surface area (Å²) in [6.07, 6.45) is 1.82. The lowest BCUT2D eigenvalue weighted by Crippen LogP contribution is -2.26. The zero-order valence-corrected chi connectivity index (χ0v) is 12.9. The highest BCUT2D eigenvalue weighted by Gasteiger charge is 2.09. The minimum absolute atomic E-state index is 0.667. The first-order chi connectivity index (χ1) is 10.2. The molecular weight excluding hydrogens is 262 g/mol. The van der Waals surface area contributed by atoms with Crippen molar-refractivity contribution >= 4 is 0 Å². The van der Waals surface area contributed by atoms with Crippen LogP contribution in [0, 0.1) is 0 Å². The monoisotopic (exact) mass is 285 g/mol. The van der Waals surface area contributed by atoms with Crippen molar-refractivity contribution < 1.29 is 4.52 Å². The van der Waals surface area contributed by atoms with Crippen LogP contribution < -0.4 is 0 Å². The van der Waals surface area contributed by atoms with Gasteiger partial charge in [0.05, 0.1) is 0 Å². The third-order valence-corrected chi connectivity index (χ3v) is 3.31. The molecule has 0 aliphatic rings. The number of rotatable bonds is 8. The highest BCUT2D eigenvalue weighted by molar-refractivity contribution is 5.53. The number of aryl methyl sites for hydroxylation is 1. The Balaban J connectivity index is 1.84. The van der Waals surface area contributed by atoms with Crippen molar-refractivity contribution in [2.24, 2.45) is 0 Å². The fourth-order valence-corrected chi connectivity index (χ4v) is 2.25. The SMILES string of the molecule is C=C(C)CN(CC)CCCc1nc(-c2ccccc2)no1. The molecule has 112 valence electrons. The zero-order chi connectivity index (χ0) is 15.1. The molecule has 2 aromatic rings. The number of aromatic nitrogens is 2. The first-order valence-electron chi connectivity index (χ1n) is 7.43. The molecule has 1 aromatic carbocycles. The fourth-order valence-electron chi connectivity index (χ4n) is 2.25. The van der Waals surface area contributed by atoms with Gasteiger partial charge >= 0.3 is 0 Å². The molecule has 0 fully saturated rings. The topological polar surface area (TPSA) is 42.2 Å². The van der Waals surface area contributed by atoms with Crippen LogP contribution in [0.2, 0.25) is 0 Å². The van der Waals surface area contributed by atoms with Gasteiger partial charge in [0.15, 0.2) is 0 Å². The Morgan fingerprint density at radius 2 is 2.05 bits per heavy atom. The minimum atomic E-state index is 0.667. The first-order valence-corrected chi connectivity index (χ1v) is 7.43. The maximum absolute atomic E-state index is 5.32. The van der Waals surface area contributed by atoms with E-state index in [9.17, 15) is 0 Å². The van der Waals surface area contributed by atoms with Crippen LogP contribution in [0.1, 0.15) is 26.2 Å². The number of nitrogens with zero attached hydrogens (tertiary/aromatic N) is 3. The molecule has 21 heavy (non-hydrogen) atoms. The molecule has 0 atom stereocenters. The van der Waals surface area contributed by atoms with Crippen LogP contribution in [0.3, 0.4) is 0 Å². The molecule has 0 N–H and O–H groups in total. The van der Waals surface area contributed by atoms with Crippen LogP contribution in [0.25, 0.3) is 11.4 Å². The van der Waals surface area contributed by atoms with Gasteiger partial charge in [-0.05, 0) is 26.4 Å². The van der Waals surface area contributed by atoms with E-state index in [4.69, 9.17) is 4.52 Å². The van der Waals surface area contributed by atoms with Gasteiger partial charge in [-0.1, -0.05) is 54.6 Å². The Labute approximate surface area is 126 Å². The second kappa shape index (κ2) is 7.74. The zero-order valence-electron chi connectivity index (χ0n) is 12.9. The van der Waals surface area contributed by atoms with E-state index in [0.717, 1.165) is 38.0 Å². The van der Waals surface area contributed by atoms with Gasteiger partial charge in [-0.15, -0.1) is 0 Å². The van der Waals surface area contributed by atoms with Gasteiger partial charge in [-0.2, -0.15) is 4.98 Å². The number of benzene rings is 1. The second-order valence-electron chi connectivity index (χ2n) is 5.31. The molecule has 0 saturated heterocycles. The molecule has 0 unspecified atom stereocenters. The molecular formula is C17H23N3O. The van der Waals surface area contributed by atoms with Crippen LogP contribution in [0.4, 0.5) is 0 Å². The second-order valence-corrected chi connectivity index (χ2v) is 5.31. The van der Waals surface area contributed by atoms with Crippen molar-refractivity contribution in [3.05, 3.63) is 48.4 Å². The Bertz CT molecular complexity index is 562. The van der Waals surface area contributed by atoms with Crippen molar-refractivity contribution in [2.75, 3.05) is 19.6 Å². The maximum Gasteiger partial charge on any atom is 0.227 e. The number of hydrogen-bond donors (Lipinski definition) is 0. The molecule has 4 heteroatoms. The predicted molar refractivity (Wildman–Crippen MR) is 85.0 cm³/mol. The van der Waals surface area contributed by atoms with Gasteiger partial charge < -0.3 is 4.52 Å². The van der Waals surface area contributed by atoms with E-state index in [2.05, 4.69) is 35.5 Å². The van der Waals surface area contributed by atoms with E-state index in [1.54, 1.807) is 0 Å². The third kappa shape index (κ3) is 4.83. The molecule has 1 aromatic heterocycles. The van der Waals surface area contributed by atoms with Gasteiger partial charge in [0.1, 0.15) is 0 Å². The third-order valence-electron chi connectivity index (χ3n) is 3.31. The van der Waals surface area contributed by atoms with Crippen molar-refractivity contribution in [3.8, 4) is 11.4 Å². The van der Waals surface area contributed by atoms with E-state index in [0.29, 0.717) is 11.7 Å². The Kier molecular flexibility index (Phi) is 5.69. The summed E-state index contributed by atoms with van der Waals surface area (Å²) < 4.78 is 5.32. The summed E-state index contributed by atoms with van der Waals surface area (Å²) in [7, 11) is 0. The quantitative estimate of drug-likeness (QED) is 0.695. The Hall–Kier alpha value is -1.94. The van der Waals surface area contributed by atoms with Crippen molar-refractivity contribution in [1.29, 1.82) is 0 Å². The van der Waals surface area contributed by atoms with E-state index in [1.165, 1.54) is 5.57 Å². The highest BCUT2D eigenvalue weighted by atomic mass is 16.5. The average Bonchev–Trinajstić information content (AvgIpc) is 2.95. The molecule has 0 radical (unpaired) electrons. The molecule has 0 saturated carbocycles. The maximum atomic E-state index is 5.32. The molecule has 1 heterocycles. The summed E-state index contributed by atoms with van der Waals surface area (Å²) in [4.78, 5) is 6.82. The van der Waals surface area contributed by atoms with Crippen LogP contribution in [0.15, 0.2) is 47.0 Å².